The molecule has 2 rings (SSSR count). The highest BCUT2D eigenvalue weighted by Gasteiger charge is 2.51. The van der Waals surface area contributed by atoms with Crippen molar-refractivity contribution in [3.63, 3.8) is 0 Å². The average molecular weight is 239 g/mol. The Morgan fingerprint density at radius 1 is 1.41 bits per heavy atom. The average Bonchev–Trinajstić information content (AvgIpc) is 3.14. The molecule has 2 aliphatic rings. The van der Waals surface area contributed by atoms with Gasteiger partial charge in [-0.05, 0) is 37.0 Å². The smallest absolute Gasteiger partial charge is 0.326 e. The fourth-order valence-corrected chi connectivity index (χ4v) is 2.50. The Hall–Kier alpha value is -1.06. The van der Waals surface area contributed by atoms with E-state index in [2.05, 4.69) is 5.32 Å². The van der Waals surface area contributed by atoms with Crippen molar-refractivity contribution in [1.29, 1.82) is 0 Å². The maximum Gasteiger partial charge on any atom is 0.326 e. The number of carboxylic acids is 1. The maximum atomic E-state index is 11.9. The Morgan fingerprint density at radius 3 is 2.53 bits per heavy atom. The predicted octanol–water partition coefficient (Wildman–Crippen LogP) is 1.65. The first-order valence-electron chi connectivity index (χ1n) is 6.57. The number of nitrogens with one attached hydrogen (secondary N) is 1. The zero-order chi connectivity index (χ0) is 12.6. The molecule has 0 aromatic heterocycles. The topological polar surface area (TPSA) is 66.4 Å². The van der Waals surface area contributed by atoms with Crippen molar-refractivity contribution in [1.82, 2.24) is 5.32 Å². The van der Waals surface area contributed by atoms with Crippen LogP contribution in [0.4, 0.5) is 0 Å². The third kappa shape index (κ3) is 2.79. The van der Waals surface area contributed by atoms with Crippen molar-refractivity contribution >= 4 is 11.9 Å². The highest BCUT2D eigenvalue weighted by molar-refractivity contribution is 5.86. The van der Waals surface area contributed by atoms with E-state index < -0.39 is 12.0 Å². The first kappa shape index (κ1) is 12.4. The summed E-state index contributed by atoms with van der Waals surface area (Å²) in [5, 5.41) is 11.8. The van der Waals surface area contributed by atoms with Gasteiger partial charge in [-0.25, -0.2) is 4.79 Å². The van der Waals surface area contributed by atoms with Crippen LogP contribution in [0.2, 0.25) is 0 Å². The van der Waals surface area contributed by atoms with Gasteiger partial charge in [0.25, 0.3) is 0 Å². The summed E-state index contributed by atoms with van der Waals surface area (Å²) in [7, 11) is 0. The summed E-state index contributed by atoms with van der Waals surface area (Å²) in [5.41, 5.74) is 0. The maximum absolute atomic E-state index is 11.9. The standard InChI is InChI=1S/C13H21NO3/c1-3-7(2)11(13(16)17)14-12(15)10-6-9(10)8-4-5-8/h7-11H,3-6H2,1-2H3,(H,14,15)(H,16,17). The molecule has 2 aliphatic carbocycles. The first-order chi connectivity index (χ1) is 8.04. The molecule has 0 bridgehead atoms. The van der Waals surface area contributed by atoms with E-state index in [1.807, 2.05) is 13.8 Å². The summed E-state index contributed by atoms with van der Waals surface area (Å²) in [5.74, 6) is 0.396. The summed E-state index contributed by atoms with van der Waals surface area (Å²) in [6.07, 6.45) is 4.22. The fourth-order valence-electron chi connectivity index (χ4n) is 2.50. The molecule has 96 valence electrons. The third-order valence-corrected chi connectivity index (χ3v) is 4.18. The monoisotopic (exact) mass is 239 g/mol. The molecule has 0 radical (unpaired) electrons. The minimum atomic E-state index is -0.920. The number of rotatable bonds is 6. The largest absolute Gasteiger partial charge is 0.480 e. The minimum absolute atomic E-state index is 0.0189. The SMILES string of the molecule is CCC(C)C(NC(=O)C1CC1C1CC1)C(=O)O. The highest BCUT2D eigenvalue weighted by Crippen LogP contribution is 2.54. The fraction of sp³-hybridized carbons (Fsp3) is 0.846. The Kier molecular flexibility index (Phi) is 3.40. The number of carboxylic acid groups (broad SMARTS) is 1. The van der Waals surface area contributed by atoms with Crippen LogP contribution in [-0.4, -0.2) is 23.0 Å². The van der Waals surface area contributed by atoms with Crippen LogP contribution in [0.1, 0.15) is 39.5 Å². The number of amides is 1. The van der Waals surface area contributed by atoms with Gasteiger partial charge >= 0.3 is 5.97 Å². The molecular weight excluding hydrogens is 218 g/mol. The van der Waals surface area contributed by atoms with Crippen molar-refractivity contribution < 1.29 is 14.7 Å². The number of aliphatic carboxylic acids is 1. The van der Waals surface area contributed by atoms with Crippen LogP contribution in [-0.2, 0) is 9.59 Å². The van der Waals surface area contributed by atoms with Gasteiger partial charge in [-0.3, -0.25) is 4.79 Å². The number of hydrogen-bond donors (Lipinski definition) is 2. The van der Waals surface area contributed by atoms with Crippen molar-refractivity contribution in [2.24, 2.45) is 23.7 Å². The third-order valence-electron chi connectivity index (χ3n) is 4.18. The van der Waals surface area contributed by atoms with Crippen LogP contribution < -0.4 is 5.32 Å². The van der Waals surface area contributed by atoms with E-state index in [9.17, 15) is 9.59 Å². The Morgan fingerprint density at radius 2 is 2.06 bits per heavy atom. The summed E-state index contributed by atoms with van der Waals surface area (Å²) >= 11 is 0. The molecular formula is C13H21NO3. The van der Waals surface area contributed by atoms with Gasteiger partial charge in [0, 0.05) is 5.92 Å². The Labute approximate surface area is 102 Å². The van der Waals surface area contributed by atoms with Gasteiger partial charge in [-0.2, -0.15) is 0 Å². The van der Waals surface area contributed by atoms with Crippen molar-refractivity contribution in [3.8, 4) is 0 Å². The van der Waals surface area contributed by atoms with Gasteiger partial charge in [0.05, 0.1) is 0 Å². The first-order valence-corrected chi connectivity index (χ1v) is 6.57. The van der Waals surface area contributed by atoms with Gasteiger partial charge < -0.3 is 10.4 Å². The molecule has 17 heavy (non-hydrogen) atoms. The van der Waals surface area contributed by atoms with Gasteiger partial charge in [0.2, 0.25) is 5.91 Å². The van der Waals surface area contributed by atoms with Gasteiger partial charge in [-0.15, -0.1) is 0 Å². The number of carbonyl (C=O) groups excluding carboxylic acids is 1. The molecule has 0 heterocycles. The van der Waals surface area contributed by atoms with Crippen LogP contribution in [0.15, 0.2) is 0 Å². The quantitative estimate of drug-likeness (QED) is 0.740. The van der Waals surface area contributed by atoms with E-state index in [1.165, 1.54) is 12.8 Å². The van der Waals surface area contributed by atoms with Crippen LogP contribution in [0.3, 0.4) is 0 Å². The van der Waals surface area contributed by atoms with Crippen molar-refractivity contribution in [2.75, 3.05) is 0 Å². The lowest BCUT2D eigenvalue weighted by atomic mass is 9.99. The summed E-state index contributed by atoms with van der Waals surface area (Å²) in [6, 6.07) is -0.729. The molecule has 0 aromatic rings. The molecule has 0 aliphatic heterocycles. The molecule has 2 saturated carbocycles. The van der Waals surface area contributed by atoms with Crippen LogP contribution in [0.5, 0.6) is 0 Å². The second-order valence-electron chi connectivity index (χ2n) is 5.55. The van der Waals surface area contributed by atoms with E-state index in [0.717, 1.165) is 18.8 Å². The number of carbonyl (C=O) groups is 2. The molecule has 2 fully saturated rings. The van der Waals surface area contributed by atoms with Crippen LogP contribution in [0.25, 0.3) is 0 Å². The van der Waals surface area contributed by atoms with E-state index in [1.54, 1.807) is 0 Å². The Balaban J connectivity index is 1.85. The van der Waals surface area contributed by atoms with E-state index >= 15 is 0 Å². The molecule has 4 unspecified atom stereocenters. The number of hydrogen-bond acceptors (Lipinski definition) is 2. The molecule has 2 N–H and O–H groups in total. The molecule has 4 atom stereocenters. The van der Waals surface area contributed by atoms with E-state index in [0.29, 0.717) is 5.92 Å². The highest BCUT2D eigenvalue weighted by atomic mass is 16.4. The predicted molar refractivity (Wildman–Crippen MR) is 63.3 cm³/mol. The molecule has 1 amide bonds. The van der Waals surface area contributed by atoms with Gasteiger partial charge in [0.1, 0.15) is 6.04 Å². The molecule has 4 heteroatoms. The zero-order valence-corrected chi connectivity index (χ0v) is 10.5. The van der Waals surface area contributed by atoms with Gasteiger partial charge in [-0.1, -0.05) is 20.3 Å². The van der Waals surface area contributed by atoms with Crippen LogP contribution in [0, 0.1) is 23.7 Å². The zero-order valence-electron chi connectivity index (χ0n) is 10.5. The lowest BCUT2D eigenvalue weighted by Crippen LogP contribution is -2.45. The lowest BCUT2D eigenvalue weighted by Gasteiger charge is -2.20. The van der Waals surface area contributed by atoms with Crippen molar-refractivity contribution in [2.45, 2.75) is 45.6 Å². The molecule has 0 saturated heterocycles. The molecule has 0 spiro atoms. The van der Waals surface area contributed by atoms with Crippen molar-refractivity contribution in [3.05, 3.63) is 0 Å². The van der Waals surface area contributed by atoms with E-state index in [-0.39, 0.29) is 17.7 Å². The lowest BCUT2D eigenvalue weighted by molar-refractivity contribution is -0.143. The van der Waals surface area contributed by atoms with E-state index in [4.69, 9.17) is 5.11 Å². The second kappa shape index (κ2) is 4.67. The molecule has 4 nitrogen and oxygen atoms in total. The summed E-state index contributed by atoms with van der Waals surface area (Å²) in [6.45, 7) is 3.81. The normalized spacial score (nSPS) is 30.5. The second-order valence-corrected chi connectivity index (χ2v) is 5.55. The minimum Gasteiger partial charge on any atom is -0.480 e. The summed E-state index contributed by atoms with van der Waals surface area (Å²) in [4.78, 5) is 23.0. The van der Waals surface area contributed by atoms with Crippen LogP contribution >= 0.6 is 0 Å². The summed E-state index contributed by atoms with van der Waals surface area (Å²) < 4.78 is 0. The van der Waals surface area contributed by atoms with Gasteiger partial charge in [0.15, 0.2) is 0 Å². The molecule has 0 aromatic carbocycles. The Bertz CT molecular complexity index is 325.